The monoisotopic (exact) mass is 256 g/mol. The fourth-order valence-electron chi connectivity index (χ4n) is 2.49. The van der Waals surface area contributed by atoms with Gasteiger partial charge in [0.1, 0.15) is 0 Å². The van der Waals surface area contributed by atoms with Gasteiger partial charge in [-0.25, -0.2) is 4.79 Å². The van der Waals surface area contributed by atoms with E-state index >= 15 is 0 Å². The maximum Gasteiger partial charge on any atom is 0.315 e. The number of carbonyl (C=O) groups is 1. The van der Waals surface area contributed by atoms with Crippen LogP contribution < -0.4 is 10.6 Å². The maximum absolute atomic E-state index is 12.0. The molecule has 3 N–H and O–H groups in total. The molecule has 0 aromatic rings. The third kappa shape index (κ3) is 5.25. The van der Waals surface area contributed by atoms with Gasteiger partial charge in [-0.15, -0.1) is 0 Å². The molecule has 1 unspecified atom stereocenters. The van der Waals surface area contributed by atoms with Gasteiger partial charge in [-0.1, -0.05) is 32.6 Å². The van der Waals surface area contributed by atoms with Crippen LogP contribution in [0.3, 0.4) is 0 Å². The first-order chi connectivity index (χ1) is 8.59. The fraction of sp³-hybridized carbons (Fsp3) is 0.929. The van der Waals surface area contributed by atoms with Crippen LogP contribution in [0.2, 0.25) is 0 Å². The van der Waals surface area contributed by atoms with Gasteiger partial charge in [-0.2, -0.15) is 0 Å². The maximum atomic E-state index is 12.0. The van der Waals surface area contributed by atoms with Gasteiger partial charge in [0.25, 0.3) is 0 Å². The van der Waals surface area contributed by atoms with Gasteiger partial charge >= 0.3 is 6.03 Å². The molecule has 106 valence electrons. The topological polar surface area (TPSA) is 61.4 Å². The van der Waals surface area contributed by atoms with Crippen molar-refractivity contribution in [3.05, 3.63) is 0 Å². The highest BCUT2D eigenvalue weighted by atomic mass is 16.3. The number of urea groups is 1. The van der Waals surface area contributed by atoms with Gasteiger partial charge < -0.3 is 15.7 Å². The zero-order chi connectivity index (χ0) is 13.4. The zero-order valence-corrected chi connectivity index (χ0v) is 11.8. The highest BCUT2D eigenvalue weighted by Crippen LogP contribution is 2.18. The third-order valence-electron chi connectivity index (χ3n) is 4.05. The molecule has 1 rings (SSSR count). The summed E-state index contributed by atoms with van der Waals surface area (Å²) in [6.07, 6.45) is 8.62. The number of aliphatic hydroxyl groups excluding tert-OH is 1. The summed E-state index contributed by atoms with van der Waals surface area (Å²) < 4.78 is 0. The molecule has 1 aliphatic rings. The predicted octanol–water partition coefficient (Wildman–Crippen LogP) is 2.56. The Hall–Kier alpha value is -0.770. The number of rotatable bonds is 5. The van der Waals surface area contributed by atoms with E-state index in [0.29, 0.717) is 12.5 Å². The number of aliphatic hydroxyl groups is 1. The molecule has 0 saturated heterocycles. The normalized spacial score (nSPS) is 20.8. The van der Waals surface area contributed by atoms with Gasteiger partial charge in [-0.3, -0.25) is 0 Å². The lowest BCUT2D eigenvalue weighted by molar-refractivity contribution is 0.198. The summed E-state index contributed by atoms with van der Waals surface area (Å²) in [5.74, 6) is 0. The van der Waals surface area contributed by atoms with Crippen LogP contribution in [0.5, 0.6) is 0 Å². The number of amides is 2. The molecule has 1 atom stereocenters. The Morgan fingerprint density at radius 2 is 1.89 bits per heavy atom. The minimum atomic E-state index is -0.302. The van der Waals surface area contributed by atoms with Crippen molar-refractivity contribution in [1.82, 2.24) is 10.6 Å². The van der Waals surface area contributed by atoms with Crippen LogP contribution in [-0.2, 0) is 0 Å². The van der Waals surface area contributed by atoms with E-state index in [1.54, 1.807) is 0 Å². The smallest absolute Gasteiger partial charge is 0.315 e. The summed E-state index contributed by atoms with van der Waals surface area (Å²) in [5, 5.41) is 15.1. The molecule has 0 radical (unpaired) electrons. The summed E-state index contributed by atoms with van der Waals surface area (Å²) in [6.45, 7) is 4.12. The second-order valence-electron chi connectivity index (χ2n) is 5.67. The lowest BCUT2D eigenvalue weighted by atomic mass is 9.95. The van der Waals surface area contributed by atoms with E-state index in [9.17, 15) is 4.79 Å². The fourth-order valence-corrected chi connectivity index (χ4v) is 2.49. The van der Waals surface area contributed by atoms with E-state index in [-0.39, 0.29) is 18.2 Å². The summed E-state index contributed by atoms with van der Waals surface area (Å²) in [6, 6.07) is 0.238. The molecule has 0 aromatic heterocycles. The van der Waals surface area contributed by atoms with E-state index in [0.717, 1.165) is 19.3 Å². The Bertz CT molecular complexity index is 250. The summed E-state index contributed by atoms with van der Waals surface area (Å²) in [7, 11) is 0. The second kappa shape index (κ2) is 7.62. The van der Waals surface area contributed by atoms with Gasteiger partial charge in [0.05, 0.1) is 0 Å². The Labute approximate surface area is 111 Å². The van der Waals surface area contributed by atoms with Crippen molar-refractivity contribution in [2.24, 2.45) is 0 Å². The molecule has 4 heteroatoms. The average Bonchev–Trinajstić information content (AvgIpc) is 2.57. The first-order valence-corrected chi connectivity index (χ1v) is 7.29. The molecule has 0 bridgehead atoms. The zero-order valence-electron chi connectivity index (χ0n) is 11.8. The van der Waals surface area contributed by atoms with Crippen molar-refractivity contribution in [2.75, 3.05) is 6.61 Å². The molecule has 1 fully saturated rings. The van der Waals surface area contributed by atoms with Crippen LogP contribution in [0, 0.1) is 0 Å². The van der Waals surface area contributed by atoms with E-state index < -0.39 is 0 Å². The van der Waals surface area contributed by atoms with Crippen LogP contribution in [0.1, 0.15) is 65.2 Å². The van der Waals surface area contributed by atoms with Gasteiger partial charge in [0, 0.05) is 18.2 Å². The Morgan fingerprint density at radius 3 is 2.39 bits per heavy atom. The van der Waals surface area contributed by atoms with Gasteiger partial charge in [-0.05, 0) is 32.6 Å². The number of hydrogen-bond donors (Lipinski definition) is 3. The number of nitrogens with one attached hydrogen (secondary N) is 2. The minimum Gasteiger partial charge on any atom is -0.396 e. The lowest BCUT2D eigenvalue weighted by Gasteiger charge is -2.30. The Balaban J connectivity index is 2.39. The molecule has 0 aliphatic heterocycles. The van der Waals surface area contributed by atoms with E-state index in [1.807, 2.05) is 13.8 Å². The average molecular weight is 256 g/mol. The van der Waals surface area contributed by atoms with Crippen LogP contribution in [0.4, 0.5) is 4.79 Å². The number of hydrogen-bond acceptors (Lipinski definition) is 2. The van der Waals surface area contributed by atoms with Gasteiger partial charge in [0.15, 0.2) is 0 Å². The summed E-state index contributed by atoms with van der Waals surface area (Å²) >= 11 is 0. The van der Waals surface area contributed by atoms with Crippen molar-refractivity contribution < 1.29 is 9.90 Å². The van der Waals surface area contributed by atoms with Crippen LogP contribution in [0.25, 0.3) is 0 Å². The van der Waals surface area contributed by atoms with Gasteiger partial charge in [0.2, 0.25) is 0 Å². The molecule has 0 heterocycles. The quantitative estimate of drug-likeness (QED) is 0.662. The molecular weight excluding hydrogens is 228 g/mol. The van der Waals surface area contributed by atoms with E-state index in [4.69, 9.17) is 5.11 Å². The Kier molecular flexibility index (Phi) is 6.47. The molecule has 4 nitrogen and oxygen atoms in total. The van der Waals surface area contributed by atoms with Crippen LogP contribution >= 0.6 is 0 Å². The molecule has 18 heavy (non-hydrogen) atoms. The largest absolute Gasteiger partial charge is 0.396 e. The second-order valence-corrected chi connectivity index (χ2v) is 5.67. The molecule has 0 aromatic carbocycles. The molecule has 1 saturated carbocycles. The van der Waals surface area contributed by atoms with Crippen LogP contribution in [0.15, 0.2) is 0 Å². The van der Waals surface area contributed by atoms with Crippen LogP contribution in [-0.4, -0.2) is 29.3 Å². The molecular formula is C14H28N2O2. The SMILES string of the molecule is CCC(C)(CCO)NC(=O)NC1CCCCCC1. The molecule has 0 spiro atoms. The lowest BCUT2D eigenvalue weighted by Crippen LogP contribution is -2.52. The highest BCUT2D eigenvalue weighted by Gasteiger charge is 2.24. The molecule has 2 amide bonds. The summed E-state index contributed by atoms with van der Waals surface area (Å²) in [4.78, 5) is 12.0. The summed E-state index contributed by atoms with van der Waals surface area (Å²) in [5.41, 5.74) is -0.302. The van der Waals surface area contributed by atoms with Crippen molar-refractivity contribution in [2.45, 2.75) is 76.8 Å². The standard InChI is InChI=1S/C14H28N2O2/c1-3-14(2,10-11-17)16-13(18)15-12-8-6-4-5-7-9-12/h12,17H,3-11H2,1-2H3,(H2,15,16,18). The predicted molar refractivity (Wildman–Crippen MR) is 73.6 cm³/mol. The molecule has 1 aliphatic carbocycles. The third-order valence-corrected chi connectivity index (χ3v) is 4.05. The van der Waals surface area contributed by atoms with Crippen molar-refractivity contribution >= 4 is 6.03 Å². The highest BCUT2D eigenvalue weighted by molar-refractivity contribution is 5.75. The number of carbonyl (C=O) groups excluding carboxylic acids is 1. The first-order valence-electron chi connectivity index (χ1n) is 7.29. The van der Waals surface area contributed by atoms with Crippen molar-refractivity contribution in [3.8, 4) is 0 Å². The van der Waals surface area contributed by atoms with E-state index in [1.165, 1.54) is 25.7 Å². The van der Waals surface area contributed by atoms with Crippen molar-refractivity contribution in [1.29, 1.82) is 0 Å². The Morgan fingerprint density at radius 1 is 1.28 bits per heavy atom. The van der Waals surface area contributed by atoms with E-state index in [2.05, 4.69) is 10.6 Å². The van der Waals surface area contributed by atoms with Crippen molar-refractivity contribution in [3.63, 3.8) is 0 Å². The minimum absolute atomic E-state index is 0.0836. The first kappa shape index (κ1) is 15.3.